The van der Waals surface area contributed by atoms with Crippen molar-refractivity contribution in [3.63, 3.8) is 0 Å². The van der Waals surface area contributed by atoms with E-state index in [4.69, 9.17) is 0 Å². The van der Waals surface area contributed by atoms with Gasteiger partial charge < -0.3 is 0 Å². The Balaban J connectivity index is 2.84. The van der Waals surface area contributed by atoms with E-state index in [1.54, 1.807) is 0 Å². The monoisotopic (exact) mass is 235 g/mol. The van der Waals surface area contributed by atoms with Crippen LogP contribution < -0.4 is 0 Å². The predicted molar refractivity (Wildman–Crippen MR) is 59.1 cm³/mol. The van der Waals surface area contributed by atoms with E-state index in [1.165, 1.54) is 16.5 Å². The Bertz CT molecular complexity index is 437. The Morgan fingerprint density at radius 1 is 1.31 bits per heavy atom. The second kappa shape index (κ2) is 3.46. The molecule has 0 fully saturated rings. The number of para-hydroxylation sites is 1. The summed E-state index contributed by atoms with van der Waals surface area (Å²) in [5.74, 6) is 0. The molecule has 0 unspecified atom stereocenters. The van der Waals surface area contributed by atoms with Crippen LogP contribution in [0, 0.1) is 6.92 Å². The van der Waals surface area contributed by atoms with Gasteiger partial charge in [0.05, 0.1) is 5.52 Å². The molecule has 0 radical (unpaired) electrons. The molecule has 2 heteroatoms. The number of fused-ring (bicyclic) bond motifs is 1. The largest absolute Gasteiger partial charge is 0.256 e. The first-order valence-corrected chi connectivity index (χ1v) is 5.34. The topological polar surface area (TPSA) is 12.9 Å². The van der Waals surface area contributed by atoms with Gasteiger partial charge in [0.2, 0.25) is 0 Å². The van der Waals surface area contributed by atoms with Crippen LogP contribution in [0.2, 0.25) is 0 Å². The van der Waals surface area contributed by atoms with Crippen molar-refractivity contribution in [2.24, 2.45) is 0 Å². The third-order valence-electron chi connectivity index (χ3n) is 2.22. The highest BCUT2D eigenvalue weighted by Gasteiger charge is 2.01. The molecule has 0 aliphatic heterocycles. The van der Waals surface area contributed by atoms with Crippen LogP contribution in [-0.4, -0.2) is 4.98 Å². The number of aryl methyl sites for hydroxylation is 1. The molecule has 0 spiro atoms. The summed E-state index contributed by atoms with van der Waals surface area (Å²) >= 11 is 3.46. The number of rotatable bonds is 1. The van der Waals surface area contributed by atoms with E-state index in [0.717, 1.165) is 10.8 Å². The average molecular weight is 236 g/mol. The predicted octanol–water partition coefficient (Wildman–Crippen LogP) is 3.44. The van der Waals surface area contributed by atoms with Gasteiger partial charge in [0.25, 0.3) is 0 Å². The van der Waals surface area contributed by atoms with Crippen LogP contribution in [0.3, 0.4) is 0 Å². The summed E-state index contributed by atoms with van der Waals surface area (Å²) in [7, 11) is 0. The fourth-order valence-corrected chi connectivity index (χ4v) is 1.94. The molecule has 1 heterocycles. The highest BCUT2D eigenvalue weighted by molar-refractivity contribution is 9.08. The lowest BCUT2D eigenvalue weighted by atomic mass is 10.1. The van der Waals surface area contributed by atoms with E-state index in [-0.39, 0.29) is 0 Å². The summed E-state index contributed by atoms with van der Waals surface area (Å²) in [6, 6.07) is 8.33. The van der Waals surface area contributed by atoms with Crippen molar-refractivity contribution in [1.82, 2.24) is 4.98 Å². The van der Waals surface area contributed by atoms with Crippen molar-refractivity contribution in [3.05, 3.63) is 41.6 Å². The van der Waals surface area contributed by atoms with Crippen molar-refractivity contribution in [2.75, 3.05) is 0 Å². The number of pyridine rings is 1. The molecule has 1 nitrogen and oxygen atoms in total. The fourth-order valence-electron chi connectivity index (χ4n) is 1.48. The van der Waals surface area contributed by atoms with Crippen LogP contribution in [0.5, 0.6) is 0 Å². The number of aromatic nitrogens is 1. The number of alkyl halides is 1. The minimum absolute atomic E-state index is 0.862. The zero-order chi connectivity index (χ0) is 9.26. The summed E-state index contributed by atoms with van der Waals surface area (Å²) < 4.78 is 0. The first-order valence-electron chi connectivity index (χ1n) is 4.22. The third-order valence-corrected chi connectivity index (χ3v) is 2.82. The Morgan fingerprint density at radius 2 is 2.15 bits per heavy atom. The first-order chi connectivity index (χ1) is 6.33. The molecule has 0 N–H and O–H groups in total. The van der Waals surface area contributed by atoms with E-state index >= 15 is 0 Å². The van der Waals surface area contributed by atoms with Gasteiger partial charge in [-0.05, 0) is 24.1 Å². The zero-order valence-electron chi connectivity index (χ0n) is 7.42. The Hall–Kier alpha value is -0.890. The van der Waals surface area contributed by atoms with Crippen LogP contribution in [0.1, 0.15) is 11.1 Å². The standard InChI is InChI=1S/C11H10BrN/c1-8-5-6-13-11-9(7-12)3-2-4-10(8)11/h2-6H,7H2,1H3. The normalized spacial score (nSPS) is 10.6. The number of nitrogens with zero attached hydrogens (tertiary/aromatic N) is 1. The molecule has 1 aromatic carbocycles. The van der Waals surface area contributed by atoms with E-state index in [2.05, 4.69) is 46.0 Å². The minimum Gasteiger partial charge on any atom is -0.256 e. The summed E-state index contributed by atoms with van der Waals surface area (Å²) in [5, 5.41) is 2.11. The average Bonchev–Trinajstić information content (AvgIpc) is 2.18. The summed E-state index contributed by atoms with van der Waals surface area (Å²) in [6.45, 7) is 2.11. The van der Waals surface area contributed by atoms with Crippen LogP contribution in [-0.2, 0) is 5.33 Å². The second-order valence-electron chi connectivity index (χ2n) is 3.07. The van der Waals surface area contributed by atoms with Crippen molar-refractivity contribution < 1.29 is 0 Å². The second-order valence-corrected chi connectivity index (χ2v) is 3.64. The SMILES string of the molecule is Cc1ccnc2c(CBr)cccc12. The Kier molecular flexibility index (Phi) is 2.32. The third kappa shape index (κ3) is 1.46. The highest BCUT2D eigenvalue weighted by Crippen LogP contribution is 2.20. The van der Waals surface area contributed by atoms with Crippen molar-refractivity contribution in [2.45, 2.75) is 12.3 Å². The van der Waals surface area contributed by atoms with Gasteiger partial charge in [-0.2, -0.15) is 0 Å². The smallest absolute Gasteiger partial charge is 0.0745 e. The summed E-state index contributed by atoms with van der Waals surface area (Å²) in [5.41, 5.74) is 3.65. The molecule has 2 aromatic rings. The van der Waals surface area contributed by atoms with E-state index in [1.807, 2.05) is 12.3 Å². The van der Waals surface area contributed by atoms with Gasteiger partial charge >= 0.3 is 0 Å². The maximum atomic E-state index is 4.38. The van der Waals surface area contributed by atoms with Gasteiger partial charge in [-0.25, -0.2) is 0 Å². The molecule has 66 valence electrons. The molecule has 0 saturated heterocycles. The van der Waals surface area contributed by atoms with Crippen LogP contribution >= 0.6 is 15.9 Å². The van der Waals surface area contributed by atoms with Gasteiger partial charge in [-0.15, -0.1) is 0 Å². The Morgan fingerprint density at radius 3 is 2.92 bits per heavy atom. The molecule has 0 saturated carbocycles. The summed E-state index contributed by atoms with van der Waals surface area (Å²) in [4.78, 5) is 4.38. The molecular formula is C11H10BrN. The zero-order valence-corrected chi connectivity index (χ0v) is 9.01. The Labute approximate surface area is 85.9 Å². The van der Waals surface area contributed by atoms with Gasteiger partial charge in [0.15, 0.2) is 0 Å². The van der Waals surface area contributed by atoms with Gasteiger partial charge in [-0.3, -0.25) is 4.98 Å². The van der Waals surface area contributed by atoms with Crippen LogP contribution in [0.25, 0.3) is 10.9 Å². The molecule has 0 bridgehead atoms. The van der Waals surface area contributed by atoms with Crippen molar-refractivity contribution >= 4 is 26.8 Å². The lowest BCUT2D eigenvalue weighted by Gasteiger charge is -2.04. The molecule has 1 aromatic heterocycles. The number of halogens is 1. The lowest BCUT2D eigenvalue weighted by molar-refractivity contribution is 1.33. The number of benzene rings is 1. The minimum atomic E-state index is 0.862. The molecule has 13 heavy (non-hydrogen) atoms. The quantitative estimate of drug-likeness (QED) is 0.691. The van der Waals surface area contributed by atoms with Gasteiger partial charge in [0, 0.05) is 16.9 Å². The maximum absolute atomic E-state index is 4.38. The van der Waals surface area contributed by atoms with Crippen LogP contribution in [0.15, 0.2) is 30.5 Å². The van der Waals surface area contributed by atoms with Gasteiger partial charge in [-0.1, -0.05) is 34.1 Å². The highest BCUT2D eigenvalue weighted by atomic mass is 79.9. The van der Waals surface area contributed by atoms with Crippen molar-refractivity contribution in [1.29, 1.82) is 0 Å². The molecule has 0 aliphatic rings. The molecule has 0 amide bonds. The molecule has 0 atom stereocenters. The molecular weight excluding hydrogens is 226 g/mol. The lowest BCUT2D eigenvalue weighted by Crippen LogP contribution is -1.87. The van der Waals surface area contributed by atoms with Gasteiger partial charge in [0.1, 0.15) is 0 Å². The maximum Gasteiger partial charge on any atom is 0.0745 e. The number of hydrogen-bond donors (Lipinski definition) is 0. The molecule has 2 rings (SSSR count). The van der Waals surface area contributed by atoms with Crippen molar-refractivity contribution in [3.8, 4) is 0 Å². The fraction of sp³-hybridized carbons (Fsp3) is 0.182. The summed E-state index contributed by atoms with van der Waals surface area (Å²) in [6.07, 6.45) is 1.86. The molecule has 0 aliphatic carbocycles. The van der Waals surface area contributed by atoms with E-state index < -0.39 is 0 Å². The van der Waals surface area contributed by atoms with E-state index in [9.17, 15) is 0 Å². The first kappa shape index (κ1) is 8.70. The number of hydrogen-bond acceptors (Lipinski definition) is 1. The van der Waals surface area contributed by atoms with Crippen LogP contribution in [0.4, 0.5) is 0 Å². The van der Waals surface area contributed by atoms with E-state index in [0.29, 0.717) is 0 Å².